The summed E-state index contributed by atoms with van der Waals surface area (Å²) in [7, 11) is 5.89. The highest BCUT2D eigenvalue weighted by molar-refractivity contribution is 5.70. The van der Waals surface area contributed by atoms with Crippen molar-refractivity contribution in [2.24, 2.45) is 0 Å². The first-order valence-corrected chi connectivity index (χ1v) is 21.8. The predicted octanol–water partition coefficient (Wildman–Crippen LogP) is 9.88. The molecule has 0 rings (SSSR count). The molecular formula is C46H81NO8. The van der Waals surface area contributed by atoms with E-state index < -0.39 is 24.3 Å². The van der Waals surface area contributed by atoms with Crippen LogP contribution in [0.25, 0.3) is 0 Å². The number of rotatable bonds is 39. The van der Waals surface area contributed by atoms with Crippen LogP contribution in [0.3, 0.4) is 0 Å². The van der Waals surface area contributed by atoms with Crippen LogP contribution in [0.1, 0.15) is 168 Å². The number of unbranched alkanes of at least 4 members (excludes halogenated alkanes) is 16. The zero-order valence-electron chi connectivity index (χ0n) is 35.8. The molecule has 0 aromatic rings. The monoisotopic (exact) mass is 776 g/mol. The van der Waals surface area contributed by atoms with Crippen molar-refractivity contribution in [3.8, 4) is 0 Å². The normalized spacial score (nSPS) is 13.4. The highest BCUT2D eigenvalue weighted by Crippen LogP contribution is 2.14. The van der Waals surface area contributed by atoms with Gasteiger partial charge in [-0.15, -0.1) is 0 Å². The first kappa shape index (κ1) is 52.2. The van der Waals surface area contributed by atoms with E-state index in [1.165, 1.54) is 57.8 Å². The largest absolute Gasteiger partial charge is 0.545 e. The molecular weight excluding hydrogens is 695 g/mol. The van der Waals surface area contributed by atoms with Crippen LogP contribution in [-0.4, -0.2) is 82.3 Å². The molecule has 0 fully saturated rings. The molecule has 0 aromatic heterocycles. The predicted molar refractivity (Wildman–Crippen MR) is 223 cm³/mol. The summed E-state index contributed by atoms with van der Waals surface area (Å²) < 4.78 is 22.4. The van der Waals surface area contributed by atoms with Crippen LogP contribution in [0.4, 0.5) is 0 Å². The van der Waals surface area contributed by atoms with Gasteiger partial charge < -0.3 is 33.3 Å². The van der Waals surface area contributed by atoms with E-state index in [9.17, 15) is 19.5 Å². The molecule has 0 bridgehead atoms. The zero-order valence-corrected chi connectivity index (χ0v) is 35.8. The second-order valence-electron chi connectivity index (χ2n) is 15.6. The molecule has 55 heavy (non-hydrogen) atoms. The smallest absolute Gasteiger partial charge is 0.306 e. The Kier molecular flexibility index (Phi) is 36.2. The van der Waals surface area contributed by atoms with Crippen molar-refractivity contribution >= 4 is 17.9 Å². The molecule has 0 N–H and O–H groups in total. The highest BCUT2D eigenvalue weighted by atomic mass is 16.7. The maximum Gasteiger partial charge on any atom is 0.306 e. The summed E-state index contributed by atoms with van der Waals surface area (Å²) in [5, 5.41) is 11.6. The number of carboxylic acids is 1. The highest BCUT2D eigenvalue weighted by Gasteiger charge is 2.21. The molecule has 0 aliphatic rings. The summed E-state index contributed by atoms with van der Waals surface area (Å²) in [5.41, 5.74) is 0. The molecule has 2 unspecified atom stereocenters. The lowest BCUT2D eigenvalue weighted by atomic mass is 10.0. The molecule has 0 radical (unpaired) electrons. The Balaban J connectivity index is 4.15. The Labute approximate surface area is 336 Å². The van der Waals surface area contributed by atoms with E-state index in [0.717, 1.165) is 77.0 Å². The van der Waals surface area contributed by atoms with Crippen LogP contribution in [0.2, 0.25) is 0 Å². The fourth-order valence-corrected chi connectivity index (χ4v) is 5.70. The first-order valence-electron chi connectivity index (χ1n) is 21.8. The molecule has 2 atom stereocenters. The van der Waals surface area contributed by atoms with Crippen molar-refractivity contribution in [3.63, 3.8) is 0 Å². The third-order valence-corrected chi connectivity index (χ3v) is 9.09. The lowest BCUT2D eigenvalue weighted by molar-refractivity contribution is -0.870. The summed E-state index contributed by atoms with van der Waals surface area (Å²) in [6.45, 7) is 4.52. The van der Waals surface area contributed by atoms with Gasteiger partial charge in [0.05, 0.1) is 40.3 Å². The average Bonchev–Trinajstić information content (AvgIpc) is 3.14. The minimum absolute atomic E-state index is 0.147. The molecule has 9 heteroatoms. The topological polar surface area (TPSA) is 111 Å². The lowest BCUT2D eigenvalue weighted by Gasteiger charge is -2.26. The minimum Gasteiger partial charge on any atom is -0.545 e. The number of carboxylic acid groups (broad SMARTS) is 1. The maximum absolute atomic E-state index is 12.7. The zero-order chi connectivity index (χ0) is 40.7. The summed E-state index contributed by atoms with van der Waals surface area (Å²) in [4.78, 5) is 36.6. The lowest BCUT2D eigenvalue weighted by Crippen LogP contribution is -2.44. The number of quaternary nitrogens is 1. The number of carbonyl (C=O) groups excluding carboxylic acids is 3. The van der Waals surface area contributed by atoms with Crippen LogP contribution < -0.4 is 5.11 Å². The number of carbonyl (C=O) groups is 3. The Bertz CT molecular complexity index is 1050. The number of hydrogen-bond acceptors (Lipinski definition) is 8. The first-order chi connectivity index (χ1) is 26.6. The third-order valence-electron chi connectivity index (χ3n) is 9.09. The maximum atomic E-state index is 12.7. The van der Waals surface area contributed by atoms with Crippen LogP contribution in [0.5, 0.6) is 0 Å². The van der Waals surface area contributed by atoms with Gasteiger partial charge in [-0.05, 0) is 51.4 Å². The van der Waals surface area contributed by atoms with E-state index in [1.54, 1.807) is 0 Å². The van der Waals surface area contributed by atoms with Crippen LogP contribution >= 0.6 is 0 Å². The van der Waals surface area contributed by atoms with E-state index in [-0.39, 0.29) is 38.6 Å². The van der Waals surface area contributed by atoms with Crippen molar-refractivity contribution in [2.75, 3.05) is 47.5 Å². The third kappa shape index (κ3) is 39.3. The average molecular weight is 776 g/mol. The van der Waals surface area contributed by atoms with Gasteiger partial charge in [0.1, 0.15) is 13.2 Å². The summed E-state index contributed by atoms with van der Waals surface area (Å²) in [6, 6.07) is 0. The fourth-order valence-electron chi connectivity index (χ4n) is 5.70. The number of ether oxygens (including phenoxy) is 4. The van der Waals surface area contributed by atoms with Gasteiger partial charge in [-0.1, -0.05) is 152 Å². The van der Waals surface area contributed by atoms with Gasteiger partial charge in [-0.3, -0.25) is 9.59 Å². The number of allylic oxidation sites excluding steroid dienone is 8. The summed E-state index contributed by atoms with van der Waals surface area (Å²) in [6.07, 6.45) is 40.5. The Morgan fingerprint density at radius 2 is 1.04 bits per heavy atom. The van der Waals surface area contributed by atoms with Gasteiger partial charge in [-0.25, -0.2) is 0 Å². The molecule has 0 aliphatic heterocycles. The molecule has 9 nitrogen and oxygen atoms in total. The molecule has 0 saturated heterocycles. The van der Waals surface area contributed by atoms with Gasteiger partial charge in [0.2, 0.25) is 0 Å². The molecule has 318 valence electrons. The summed E-state index contributed by atoms with van der Waals surface area (Å²) in [5.74, 6) is -2.31. The van der Waals surface area contributed by atoms with E-state index in [4.69, 9.17) is 18.9 Å². The SMILES string of the molecule is CC/C=C\C/C=C\C/C=C\C/C=C\CCCCCCCCCCCCCCC(=O)OC(COC(=O)CCCCCCC)COC(OCC[N+](C)(C)C)C(=O)[O-]. The van der Waals surface area contributed by atoms with E-state index in [2.05, 4.69) is 62.5 Å². The van der Waals surface area contributed by atoms with E-state index >= 15 is 0 Å². The molecule has 0 amide bonds. The van der Waals surface area contributed by atoms with Crippen molar-refractivity contribution in [1.82, 2.24) is 0 Å². The number of esters is 2. The van der Waals surface area contributed by atoms with Crippen LogP contribution in [0, 0.1) is 0 Å². The van der Waals surface area contributed by atoms with Crippen molar-refractivity contribution in [1.29, 1.82) is 0 Å². The molecule has 0 spiro atoms. The second-order valence-corrected chi connectivity index (χ2v) is 15.6. The fraction of sp³-hybridized carbons (Fsp3) is 0.761. The molecule has 0 heterocycles. The van der Waals surface area contributed by atoms with Crippen molar-refractivity contribution in [2.45, 2.75) is 180 Å². The standard InChI is InChI=1S/C46H81NO8/c1-6-8-10-12-13-14-15-16-17-18-19-20-21-22-23-24-25-26-27-28-29-30-31-33-35-37-44(49)55-42(40-53-43(48)36-34-32-11-9-7-2)41-54-46(45(50)51)52-39-38-47(3,4)5/h8,10,13-14,16-17,19-20,42,46H,6-7,9,11-12,15,18,21-41H2,1-5H3/b10-8-,14-13-,17-16-,20-19-. The number of likely N-dealkylation sites (N-methyl/N-ethyl adjacent to an activating group) is 1. The Hall–Kier alpha value is -2.75. The Morgan fingerprint density at radius 3 is 1.55 bits per heavy atom. The van der Waals surface area contributed by atoms with Gasteiger partial charge in [0.25, 0.3) is 0 Å². The van der Waals surface area contributed by atoms with E-state index in [0.29, 0.717) is 17.4 Å². The quantitative estimate of drug-likeness (QED) is 0.0200. The van der Waals surface area contributed by atoms with Crippen molar-refractivity contribution in [3.05, 3.63) is 48.6 Å². The molecule has 0 aromatic carbocycles. The minimum atomic E-state index is -1.62. The second kappa shape index (κ2) is 38.1. The molecule has 0 saturated carbocycles. The van der Waals surface area contributed by atoms with Gasteiger partial charge >= 0.3 is 11.9 Å². The Morgan fingerprint density at radius 1 is 0.564 bits per heavy atom. The van der Waals surface area contributed by atoms with Crippen molar-refractivity contribution < 1.29 is 42.9 Å². The van der Waals surface area contributed by atoms with Gasteiger partial charge in [-0.2, -0.15) is 0 Å². The van der Waals surface area contributed by atoms with Crippen LogP contribution in [-0.2, 0) is 33.3 Å². The van der Waals surface area contributed by atoms with Crippen LogP contribution in [0.15, 0.2) is 48.6 Å². The number of aliphatic carboxylic acids is 1. The van der Waals surface area contributed by atoms with E-state index in [1.807, 2.05) is 21.1 Å². The van der Waals surface area contributed by atoms with Gasteiger partial charge in [0, 0.05) is 12.8 Å². The summed E-state index contributed by atoms with van der Waals surface area (Å²) >= 11 is 0. The number of hydrogen-bond donors (Lipinski definition) is 0. The van der Waals surface area contributed by atoms with Gasteiger partial charge in [0.15, 0.2) is 12.4 Å². The molecule has 0 aliphatic carbocycles. The number of nitrogens with zero attached hydrogens (tertiary/aromatic N) is 1.